The summed E-state index contributed by atoms with van der Waals surface area (Å²) in [5, 5.41) is 5.40. The lowest BCUT2D eigenvalue weighted by molar-refractivity contribution is 0.587. The van der Waals surface area contributed by atoms with Crippen LogP contribution in [0, 0.1) is 6.92 Å². The predicted octanol–water partition coefficient (Wildman–Crippen LogP) is 2.01. The molecule has 2 rings (SSSR count). The summed E-state index contributed by atoms with van der Waals surface area (Å²) in [6, 6.07) is 7.78. The van der Waals surface area contributed by atoms with E-state index in [-0.39, 0.29) is 5.56 Å². The Labute approximate surface area is 105 Å². The standard InChI is InChI=1S/C13H16N2OS/c1-11-4-6-15(13(16)9-11)7-5-14-10-12-3-2-8-17-12/h2-4,6,8-9,14H,5,7,10H2,1H3. The van der Waals surface area contributed by atoms with Crippen LogP contribution in [0.25, 0.3) is 0 Å². The SMILES string of the molecule is Cc1ccn(CCNCc2cccs2)c(=O)c1. The van der Waals surface area contributed by atoms with Crippen molar-refractivity contribution in [3.05, 3.63) is 56.6 Å². The maximum atomic E-state index is 11.6. The Kier molecular flexibility index (Phi) is 4.12. The van der Waals surface area contributed by atoms with E-state index < -0.39 is 0 Å². The second-order valence-corrected chi connectivity index (χ2v) is 5.02. The van der Waals surface area contributed by atoms with Gasteiger partial charge >= 0.3 is 0 Å². The number of pyridine rings is 1. The monoisotopic (exact) mass is 248 g/mol. The van der Waals surface area contributed by atoms with Crippen molar-refractivity contribution in [2.24, 2.45) is 0 Å². The van der Waals surface area contributed by atoms with Crippen LogP contribution in [-0.4, -0.2) is 11.1 Å². The van der Waals surface area contributed by atoms with Crippen LogP contribution >= 0.6 is 11.3 Å². The zero-order valence-electron chi connectivity index (χ0n) is 9.85. The highest BCUT2D eigenvalue weighted by Crippen LogP contribution is 2.06. The molecule has 90 valence electrons. The minimum Gasteiger partial charge on any atom is -0.314 e. The first-order chi connectivity index (χ1) is 8.25. The number of nitrogens with zero attached hydrogens (tertiary/aromatic N) is 1. The molecule has 1 N–H and O–H groups in total. The van der Waals surface area contributed by atoms with Gasteiger partial charge in [0, 0.05) is 36.8 Å². The van der Waals surface area contributed by atoms with E-state index in [4.69, 9.17) is 0 Å². The summed E-state index contributed by atoms with van der Waals surface area (Å²) in [6.45, 7) is 4.32. The minimum absolute atomic E-state index is 0.0722. The second-order valence-electron chi connectivity index (χ2n) is 3.99. The zero-order chi connectivity index (χ0) is 12.1. The maximum absolute atomic E-state index is 11.6. The molecule has 2 heterocycles. The van der Waals surface area contributed by atoms with Crippen molar-refractivity contribution < 1.29 is 0 Å². The van der Waals surface area contributed by atoms with E-state index in [0.717, 1.165) is 18.7 Å². The van der Waals surface area contributed by atoms with E-state index in [2.05, 4.69) is 16.8 Å². The molecule has 0 aliphatic heterocycles. The van der Waals surface area contributed by atoms with Crippen LogP contribution < -0.4 is 10.9 Å². The number of hydrogen-bond acceptors (Lipinski definition) is 3. The Morgan fingerprint density at radius 2 is 2.29 bits per heavy atom. The molecule has 4 heteroatoms. The van der Waals surface area contributed by atoms with Crippen LogP contribution in [0.15, 0.2) is 40.6 Å². The fraction of sp³-hybridized carbons (Fsp3) is 0.308. The van der Waals surface area contributed by atoms with Gasteiger partial charge in [-0.2, -0.15) is 0 Å². The molecule has 0 spiro atoms. The molecule has 0 aliphatic rings. The first-order valence-corrected chi connectivity index (χ1v) is 6.54. The number of hydrogen-bond donors (Lipinski definition) is 1. The highest BCUT2D eigenvalue weighted by Gasteiger charge is 1.96. The Morgan fingerprint density at radius 3 is 3.00 bits per heavy atom. The molecular weight excluding hydrogens is 232 g/mol. The van der Waals surface area contributed by atoms with Crippen molar-refractivity contribution in [1.82, 2.24) is 9.88 Å². The van der Waals surface area contributed by atoms with Crippen LogP contribution in [0.3, 0.4) is 0 Å². The van der Waals surface area contributed by atoms with Gasteiger partial charge < -0.3 is 9.88 Å². The number of nitrogens with one attached hydrogen (secondary N) is 1. The van der Waals surface area contributed by atoms with Crippen molar-refractivity contribution in [3.63, 3.8) is 0 Å². The number of aryl methyl sites for hydroxylation is 1. The van der Waals surface area contributed by atoms with E-state index >= 15 is 0 Å². The van der Waals surface area contributed by atoms with E-state index in [0.29, 0.717) is 6.54 Å². The summed E-state index contributed by atoms with van der Waals surface area (Å²) in [6.07, 6.45) is 1.85. The highest BCUT2D eigenvalue weighted by molar-refractivity contribution is 7.09. The molecule has 0 amide bonds. The summed E-state index contributed by atoms with van der Waals surface area (Å²) in [5.41, 5.74) is 1.08. The Bertz CT molecular complexity index is 516. The summed E-state index contributed by atoms with van der Waals surface area (Å²) >= 11 is 1.74. The molecule has 0 atom stereocenters. The van der Waals surface area contributed by atoms with Gasteiger partial charge in [0.25, 0.3) is 5.56 Å². The molecule has 0 aliphatic carbocycles. The van der Waals surface area contributed by atoms with Crippen molar-refractivity contribution in [3.8, 4) is 0 Å². The summed E-state index contributed by atoms with van der Waals surface area (Å²) in [5.74, 6) is 0. The summed E-state index contributed by atoms with van der Waals surface area (Å²) in [4.78, 5) is 12.9. The lowest BCUT2D eigenvalue weighted by atomic mass is 10.3. The quantitative estimate of drug-likeness (QED) is 0.821. The number of aromatic nitrogens is 1. The minimum atomic E-state index is 0.0722. The average Bonchev–Trinajstić information content (AvgIpc) is 2.79. The molecule has 0 unspecified atom stereocenters. The van der Waals surface area contributed by atoms with E-state index in [1.165, 1.54) is 4.88 Å². The lowest BCUT2D eigenvalue weighted by Crippen LogP contribution is -2.26. The van der Waals surface area contributed by atoms with Crippen molar-refractivity contribution in [2.75, 3.05) is 6.54 Å². The van der Waals surface area contributed by atoms with Crippen LogP contribution in [-0.2, 0) is 13.1 Å². The van der Waals surface area contributed by atoms with Gasteiger partial charge in [-0.25, -0.2) is 0 Å². The average molecular weight is 248 g/mol. The smallest absolute Gasteiger partial charge is 0.250 e. The fourth-order valence-corrected chi connectivity index (χ4v) is 2.29. The molecule has 0 fully saturated rings. The van der Waals surface area contributed by atoms with Gasteiger partial charge in [-0.1, -0.05) is 6.07 Å². The molecule has 0 saturated heterocycles. The van der Waals surface area contributed by atoms with Gasteiger partial charge in [0.05, 0.1) is 0 Å². The molecular formula is C13H16N2OS. The third-order valence-corrected chi connectivity index (χ3v) is 3.44. The topological polar surface area (TPSA) is 34.0 Å². The third-order valence-electron chi connectivity index (χ3n) is 2.56. The lowest BCUT2D eigenvalue weighted by Gasteiger charge is -2.06. The van der Waals surface area contributed by atoms with Crippen molar-refractivity contribution >= 4 is 11.3 Å². The molecule has 2 aromatic heterocycles. The van der Waals surface area contributed by atoms with Gasteiger partial charge in [-0.15, -0.1) is 11.3 Å². The molecule has 0 saturated carbocycles. The van der Waals surface area contributed by atoms with Gasteiger partial charge in [0.15, 0.2) is 0 Å². The normalized spacial score (nSPS) is 10.6. The van der Waals surface area contributed by atoms with E-state index in [1.807, 2.05) is 25.3 Å². The fourth-order valence-electron chi connectivity index (χ4n) is 1.62. The second kappa shape index (κ2) is 5.80. The Morgan fingerprint density at radius 1 is 1.41 bits per heavy atom. The Balaban J connectivity index is 1.80. The highest BCUT2D eigenvalue weighted by atomic mass is 32.1. The van der Waals surface area contributed by atoms with Gasteiger partial charge in [-0.3, -0.25) is 4.79 Å². The number of rotatable bonds is 5. The first kappa shape index (κ1) is 12.1. The van der Waals surface area contributed by atoms with Crippen LogP contribution in [0.1, 0.15) is 10.4 Å². The summed E-state index contributed by atoms with van der Waals surface area (Å²) in [7, 11) is 0. The number of thiophene rings is 1. The maximum Gasteiger partial charge on any atom is 0.250 e. The van der Waals surface area contributed by atoms with Crippen LogP contribution in [0.2, 0.25) is 0 Å². The van der Waals surface area contributed by atoms with Crippen molar-refractivity contribution in [2.45, 2.75) is 20.0 Å². The molecule has 17 heavy (non-hydrogen) atoms. The largest absolute Gasteiger partial charge is 0.314 e. The van der Waals surface area contributed by atoms with Gasteiger partial charge in [0.2, 0.25) is 0 Å². The van der Waals surface area contributed by atoms with E-state index in [9.17, 15) is 4.79 Å². The zero-order valence-corrected chi connectivity index (χ0v) is 10.7. The molecule has 0 bridgehead atoms. The van der Waals surface area contributed by atoms with Crippen LogP contribution in [0.4, 0.5) is 0 Å². The molecule has 3 nitrogen and oxygen atoms in total. The predicted molar refractivity (Wildman–Crippen MR) is 71.5 cm³/mol. The van der Waals surface area contributed by atoms with Crippen molar-refractivity contribution in [1.29, 1.82) is 0 Å². The molecule has 2 aromatic rings. The third kappa shape index (κ3) is 3.54. The molecule has 0 radical (unpaired) electrons. The summed E-state index contributed by atoms with van der Waals surface area (Å²) < 4.78 is 1.73. The molecule has 0 aromatic carbocycles. The van der Waals surface area contributed by atoms with Gasteiger partial charge in [-0.05, 0) is 30.0 Å². The van der Waals surface area contributed by atoms with E-state index in [1.54, 1.807) is 22.0 Å². The van der Waals surface area contributed by atoms with Crippen LogP contribution in [0.5, 0.6) is 0 Å². The first-order valence-electron chi connectivity index (χ1n) is 5.66. The Hall–Kier alpha value is -1.39. The van der Waals surface area contributed by atoms with Gasteiger partial charge in [0.1, 0.15) is 0 Å².